The highest BCUT2D eigenvalue weighted by Gasteiger charge is 2.45. The van der Waals surface area contributed by atoms with Crippen molar-refractivity contribution in [2.75, 3.05) is 6.86 Å². The fraction of sp³-hybridized carbons (Fsp3) is 0.727. The van der Waals surface area contributed by atoms with Gasteiger partial charge in [0.15, 0.2) is 6.86 Å². The van der Waals surface area contributed by atoms with Crippen molar-refractivity contribution in [3.05, 3.63) is 23.8 Å². The Balaban J connectivity index is 1.63. The summed E-state index contributed by atoms with van der Waals surface area (Å²) in [5.41, 5.74) is 0.209. The minimum absolute atomic E-state index is 0.0383. The van der Waals surface area contributed by atoms with Crippen LogP contribution in [0.15, 0.2) is 23.8 Å². The molecule has 0 spiro atoms. The van der Waals surface area contributed by atoms with Gasteiger partial charge in [-0.05, 0) is 70.3 Å². The molecule has 0 heterocycles. The quantitative estimate of drug-likeness (QED) is 0.578. The molecule has 0 aliphatic heterocycles. The molecule has 0 bridgehead atoms. The van der Waals surface area contributed by atoms with E-state index >= 15 is 0 Å². The molecule has 0 aromatic carbocycles. The number of hydrogen-bond acceptors (Lipinski definition) is 5. The molecule has 0 aromatic rings. The van der Waals surface area contributed by atoms with Crippen LogP contribution in [0.1, 0.15) is 59.3 Å². The summed E-state index contributed by atoms with van der Waals surface area (Å²) in [5, 5.41) is 2.68. The zero-order valence-corrected chi connectivity index (χ0v) is 17.5. The van der Waals surface area contributed by atoms with Crippen LogP contribution in [0.5, 0.6) is 0 Å². The number of hydrogen-bond donors (Lipinski definition) is 1. The van der Waals surface area contributed by atoms with Crippen molar-refractivity contribution in [1.29, 1.82) is 0 Å². The lowest BCUT2D eigenvalue weighted by Gasteiger charge is -2.26. The van der Waals surface area contributed by atoms with Crippen LogP contribution in [0.3, 0.4) is 0 Å². The molecule has 3 aliphatic carbocycles. The summed E-state index contributed by atoms with van der Waals surface area (Å²) in [4.78, 5) is 25.2. The molecule has 0 saturated heterocycles. The second-order valence-corrected chi connectivity index (χ2v) is 9.17. The van der Waals surface area contributed by atoms with Crippen LogP contribution < -0.4 is 5.32 Å². The van der Waals surface area contributed by atoms with Gasteiger partial charge in [-0.15, -0.1) is 0 Å². The lowest BCUT2D eigenvalue weighted by molar-refractivity contribution is -0.154. The molecule has 2 fully saturated rings. The van der Waals surface area contributed by atoms with Crippen LogP contribution >= 0.6 is 0 Å². The van der Waals surface area contributed by atoms with Crippen molar-refractivity contribution in [1.82, 2.24) is 5.32 Å². The fourth-order valence-corrected chi connectivity index (χ4v) is 3.52. The molecule has 3 rings (SSSR count). The van der Waals surface area contributed by atoms with E-state index in [9.17, 15) is 14.0 Å². The third-order valence-corrected chi connectivity index (χ3v) is 5.26. The zero-order valence-electron chi connectivity index (χ0n) is 17.5. The summed E-state index contributed by atoms with van der Waals surface area (Å²) in [6, 6.07) is -0.834. The van der Waals surface area contributed by atoms with Crippen LogP contribution in [0.4, 0.5) is 9.18 Å². The Kier molecular flexibility index (Phi) is 6.98. The van der Waals surface area contributed by atoms with E-state index in [4.69, 9.17) is 14.2 Å². The van der Waals surface area contributed by atoms with E-state index in [0.29, 0.717) is 24.7 Å². The number of halogens is 1. The molecule has 7 heteroatoms. The number of alkyl carbamates (subject to hydrolysis) is 1. The highest BCUT2D eigenvalue weighted by atomic mass is 19.1. The van der Waals surface area contributed by atoms with Crippen molar-refractivity contribution in [3.8, 4) is 0 Å². The first-order valence-electron chi connectivity index (χ1n) is 10.5. The monoisotopic (exact) mass is 409 g/mol. The predicted octanol–water partition coefficient (Wildman–Crippen LogP) is 4.20. The van der Waals surface area contributed by atoms with Crippen LogP contribution in [-0.4, -0.2) is 42.8 Å². The minimum Gasteiger partial charge on any atom is -0.460 e. The van der Waals surface area contributed by atoms with Crippen molar-refractivity contribution in [2.45, 2.75) is 83.1 Å². The number of amides is 1. The predicted molar refractivity (Wildman–Crippen MR) is 106 cm³/mol. The maximum atomic E-state index is 12.9. The lowest BCUT2D eigenvalue weighted by atomic mass is 9.98. The van der Waals surface area contributed by atoms with Gasteiger partial charge in [-0.2, -0.15) is 0 Å². The Morgan fingerprint density at radius 3 is 2.34 bits per heavy atom. The Bertz CT molecular complexity index is 649. The van der Waals surface area contributed by atoms with E-state index in [1.165, 1.54) is 0 Å². The molecule has 1 amide bonds. The first kappa shape index (κ1) is 21.8. The van der Waals surface area contributed by atoms with Crippen molar-refractivity contribution < 1.29 is 28.2 Å². The minimum atomic E-state index is -0.836. The van der Waals surface area contributed by atoms with Gasteiger partial charge in [0, 0.05) is 6.42 Å². The molecule has 2 unspecified atom stereocenters. The van der Waals surface area contributed by atoms with Gasteiger partial charge in [0.25, 0.3) is 0 Å². The Labute approximate surface area is 171 Å². The summed E-state index contributed by atoms with van der Waals surface area (Å²) in [6.45, 7) is 4.48. The maximum absolute atomic E-state index is 12.9. The number of carbonyl (C=O) groups excluding carboxylic acids is 2. The first-order chi connectivity index (χ1) is 13.7. The van der Waals surface area contributed by atoms with Gasteiger partial charge in [0.05, 0.1) is 6.10 Å². The second kappa shape index (κ2) is 9.28. The third-order valence-electron chi connectivity index (χ3n) is 5.26. The summed E-state index contributed by atoms with van der Waals surface area (Å²) in [5.74, 6) is 0.498. The highest BCUT2D eigenvalue weighted by molar-refractivity contribution is 5.82. The topological polar surface area (TPSA) is 73.9 Å². The second-order valence-electron chi connectivity index (χ2n) is 9.17. The Morgan fingerprint density at radius 2 is 1.86 bits per heavy atom. The van der Waals surface area contributed by atoms with Gasteiger partial charge >= 0.3 is 12.1 Å². The molecule has 2 saturated carbocycles. The Hall–Kier alpha value is -1.89. The number of esters is 1. The zero-order chi connectivity index (χ0) is 21.0. The molecule has 162 valence electrons. The number of rotatable bonds is 9. The number of allylic oxidation sites excluding steroid dienone is 1. The molecule has 0 aromatic heterocycles. The standard InChI is InChI=1S/C22H32FNO5/c1-22(2,3)29-21(26)24-18(12-14-4-10-17(11-5-14)27-13-23)20(25)28-19(15-6-7-15)16-8-9-16/h4-5,10,15-19H,6-9,11-13H2,1-3H3,(H,24,26). The third kappa shape index (κ3) is 7.14. The van der Waals surface area contributed by atoms with E-state index in [2.05, 4.69) is 5.32 Å². The highest BCUT2D eigenvalue weighted by Crippen LogP contribution is 2.46. The summed E-state index contributed by atoms with van der Waals surface area (Å²) < 4.78 is 28.5. The van der Waals surface area contributed by atoms with Crippen LogP contribution in [-0.2, 0) is 19.0 Å². The number of alkyl halides is 1. The molecular weight excluding hydrogens is 377 g/mol. The number of carbonyl (C=O) groups is 2. The molecule has 29 heavy (non-hydrogen) atoms. The molecule has 2 atom stereocenters. The van der Waals surface area contributed by atoms with Gasteiger partial charge in [0.2, 0.25) is 0 Å². The fourth-order valence-electron chi connectivity index (χ4n) is 3.52. The smallest absolute Gasteiger partial charge is 0.408 e. The normalized spacial score (nSPS) is 22.8. The SMILES string of the molecule is CC(C)(C)OC(=O)NC(CC1=CCC(OCF)C=C1)C(=O)OC(C1CC1)C1CC1. The van der Waals surface area contributed by atoms with E-state index in [1.807, 2.05) is 6.08 Å². The number of nitrogens with one attached hydrogen (secondary N) is 1. The van der Waals surface area contributed by atoms with Gasteiger partial charge < -0.3 is 19.5 Å². The van der Waals surface area contributed by atoms with E-state index < -0.39 is 30.6 Å². The summed E-state index contributed by atoms with van der Waals surface area (Å²) >= 11 is 0. The summed E-state index contributed by atoms with van der Waals surface area (Å²) in [6.07, 6.45) is 9.70. The molecule has 0 radical (unpaired) electrons. The maximum Gasteiger partial charge on any atom is 0.408 e. The molecule has 3 aliphatic rings. The largest absolute Gasteiger partial charge is 0.460 e. The van der Waals surface area contributed by atoms with Crippen LogP contribution in [0.2, 0.25) is 0 Å². The van der Waals surface area contributed by atoms with Crippen molar-refractivity contribution >= 4 is 12.1 Å². The average Bonchev–Trinajstić information content (AvgIpc) is 3.53. The summed E-state index contributed by atoms with van der Waals surface area (Å²) in [7, 11) is 0. The van der Waals surface area contributed by atoms with E-state index in [0.717, 1.165) is 31.3 Å². The van der Waals surface area contributed by atoms with E-state index in [1.54, 1.807) is 32.9 Å². The Morgan fingerprint density at radius 1 is 1.21 bits per heavy atom. The van der Waals surface area contributed by atoms with Crippen molar-refractivity contribution in [2.24, 2.45) is 11.8 Å². The van der Waals surface area contributed by atoms with Crippen LogP contribution in [0.25, 0.3) is 0 Å². The number of ether oxygens (including phenoxy) is 3. The van der Waals surface area contributed by atoms with Gasteiger partial charge in [0.1, 0.15) is 17.7 Å². The molecular formula is C22H32FNO5. The first-order valence-corrected chi connectivity index (χ1v) is 10.5. The van der Waals surface area contributed by atoms with Gasteiger partial charge in [-0.3, -0.25) is 0 Å². The van der Waals surface area contributed by atoms with Crippen LogP contribution in [0, 0.1) is 11.8 Å². The van der Waals surface area contributed by atoms with Gasteiger partial charge in [-0.1, -0.05) is 18.2 Å². The van der Waals surface area contributed by atoms with Gasteiger partial charge in [-0.25, -0.2) is 14.0 Å². The van der Waals surface area contributed by atoms with E-state index in [-0.39, 0.29) is 12.2 Å². The lowest BCUT2D eigenvalue weighted by Crippen LogP contribution is -2.45. The average molecular weight is 409 g/mol. The molecule has 1 N–H and O–H groups in total. The molecule has 6 nitrogen and oxygen atoms in total. The van der Waals surface area contributed by atoms with Crippen molar-refractivity contribution in [3.63, 3.8) is 0 Å².